The molecule has 108 valence electrons. The zero-order valence-electron chi connectivity index (χ0n) is 11.6. The van der Waals surface area contributed by atoms with Gasteiger partial charge in [0.1, 0.15) is 23.5 Å². The molecule has 0 aliphatic heterocycles. The maximum Gasteiger partial charge on any atom is 0.145 e. The van der Waals surface area contributed by atoms with E-state index < -0.39 is 0 Å². The summed E-state index contributed by atoms with van der Waals surface area (Å²) in [5, 5.41) is 20.4. The first-order chi connectivity index (χ1) is 10.7. The molecule has 0 aliphatic carbocycles. The first-order valence-electron chi connectivity index (χ1n) is 6.46. The first kappa shape index (κ1) is 15.6. The molecule has 2 rings (SSSR count). The van der Waals surface area contributed by atoms with Crippen LogP contribution in [0.3, 0.4) is 0 Å². The normalized spacial score (nSPS) is 9.41. The molecule has 0 bridgehead atoms. The van der Waals surface area contributed by atoms with Crippen LogP contribution in [0.25, 0.3) is 0 Å². The summed E-state index contributed by atoms with van der Waals surface area (Å²) in [5.74, 6) is 0.379. The lowest BCUT2D eigenvalue weighted by Crippen LogP contribution is -1.92. The summed E-state index contributed by atoms with van der Waals surface area (Å²) in [7, 11) is 0. The van der Waals surface area contributed by atoms with Gasteiger partial charge in [-0.05, 0) is 29.8 Å². The fourth-order valence-corrected chi connectivity index (χ4v) is 2.70. The third kappa shape index (κ3) is 4.37. The number of thioether (sulfide) groups is 1. The average molecular weight is 309 g/mol. The smallest absolute Gasteiger partial charge is 0.145 e. The number of halogens is 1. The Labute approximate surface area is 132 Å². The maximum atomic E-state index is 13.2. The Morgan fingerprint density at radius 2 is 1.91 bits per heavy atom. The molecule has 0 aromatic heterocycles. The van der Waals surface area contributed by atoms with Crippen LogP contribution >= 0.6 is 11.8 Å². The zero-order valence-corrected chi connectivity index (χ0v) is 12.4. The number of rotatable bonds is 5. The Balaban J connectivity index is 2.10. The van der Waals surface area contributed by atoms with E-state index in [2.05, 4.69) is 5.32 Å². The van der Waals surface area contributed by atoms with Gasteiger partial charge in [-0.25, -0.2) is 4.39 Å². The standard InChI is InChI=1S/C17H12FN3S/c18-15-5-3-4-13(8-15)12-22-17-7-2-1-6-16(17)21-11-14(9-19)10-20/h1-8,11,21H,12H2. The summed E-state index contributed by atoms with van der Waals surface area (Å²) in [5.41, 5.74) is 1.70. The molecule has 22 heavy (non-hydrogen) atoms. The van der Waals surface area contributed by atoms with Crippen molar-refractivity contribution >= 4 is 17.4 Å². The topological polar surface area (TPSA) is 59.6 Å². The number of anilines is 1. The second-order valence-electron chi connectivity index (χ2n) is 4.34. The molecule has 3 nitrogen and oxygen atoms in total. The molecule has 0 amide bonds. The van der Waals surface area contributed by atoms with Gasteiger partial charge >= 0.3 is 0 Å². The number of nitriles is 2. The minimum atomic E-state index is -0.250. The van der Waals surface area contributed by atoms with Gasteiger partial charge in [0.05, 0.1) is 5.69 Å². The first-order valence-corrected chi connectivity index (χ1v) is 7.44. The molecule has 0 fully saturated rings. The van der Waals surface area contributed by atoms with E-state index in [1.54, 1.807) is 30.0 Å². The number of hydrogen-bond acceptors (Lipinski definition) is 4. The highest BCUT2D eigenvalue weighted by molar-refractivity contribution is 7.98. The molecule has 0 unspecified atom stereocenters. The molecule has 0 atom stereocenters. The Morgan fingerprint density at radius 3 is 2.64 bits per heavy atom. The fraction of sp³-hybridized carbons (Fsp3) is 0.0588. The van der Waals surface area contributed by atoms with Gasteiger partial charge in [0, 0.05) is 16.8 Å². The van der Waals surface area contributed by atoms with Crippen molar-refractivity contribution in [1.29, 1.82) is 10.5 Å². The predicted molar refractivity (Wildman–Crippen MR) is 85.3 cm³/mol. The number of para-hydroxylation sites is 1. The molecular weight excluding hydrogens is 297 g/mol. The van der Waals surface area contributed by atoms with Crippen LogP contribution < -0.4 is 5.32 Å². The van der Waals surface area contributed by atoms with Crippen molar-refractivity contribution in [2.24, 2.45) is 0 Å². The molecule has 2 aromatic carbocycles. The van der Waals surface area contributed by atoms with Crippen LogP contribution in [0.1, 0.15) is 5.56 Å². The van der Waals surface area contributed by atoms with E-state index in [0.717, 1.165) is 16.1 Å². The van der Waals surface area contributed by atoms with E-state index in [4.69, 9.17) is 10.5 Å². The Kier molecular flexibility index (Phi) is 5.59. The Hall–Kier alpha value is -2.76. The zero-order chi connectivity index (χ0) is 15.8. The van der Waals surface area contributed by atoms with Gasteiger partial charge in [-0.3, -0.25) is 0 Å². The van der Waals surface area contributed by atoms with Crippen molar-refractivity contribution < 1.29 is 4.39 Å². The van der Waals surface area contributed by atoms with Crippen molar-refractivity contribution in [3.63, 3.8) is 0 Å². The highest BCUT2D eigenvalue weighted by Gasteiger charge is 2.03. The summed E-state index contributed by atoms with van der Waals surface area (Å²) in [6.45, 7) is 0. The summed E-state index contributed by atoms with van der Waals surface area (Å²) in [4.78, 5) is 0.957. The van der Waals surface area contributed by atoms with E-state index in [0.29, 0.717) is 5.75 Å². The van der Waals surface area contributed by atoms with Gasteiger partial charge < -0.3 is 5.32 Å². The summed E-state index contributed by atoms with van der Waals surface area (Å²) in [6.07, 6.45) is 1.38. The van der Waals surface area contributed by atoms with E-state index >= 15 is 0 Å². The van der Waals surface area contributed by atoms with Crippen LogP contribution in [0, 0.1) is 28.5 Å². The van der Waals surface area contributed by atoms with E-state index in [1.807, 2.05) is 30.3 Å². The van der Waals surface area contributed by atoms with Crippen molar-refractivity contribution in [3.8, 4) is 12.1 Å². The largest absolute Gasteiger partial charge is 0.359 e. The number of nitrogens with zero attached hydrogens (tertiary/aromatic N) is 2. The van der Waals surface area contributed by atoms with Gasteiger partial charge in [-0.15, -0.1) is 11.8 Å². The fourth-order valence-electron chi connectivity index (χ4n) is 1.74. The number of nitrogens with one attached hydrogen (secondary N) is 1. The monoisotopic (exact) mass is 309 g/mol. The highest BCUT2D eigenvalue weighted by Crippen LogP contribution is 2.30. The second kappa shape index (κ2) is 7.87. The van der Waals surface area contributed by atoms with Crippen LogP contribution in [0.15, 0.2) is 65.2 Å². The van der Waals surface area contributed by atoms with Gasteiger partial charge in [0.2, 0.25) is 0 Å². The van der Waals surface area contributed by atoms with Gasteiger partial charge in [0.25, 0.3) is 0 Å². The molecule has 0 saturated heterocycles. The third-order valence-corrected chi connectivity index (χ3v) is 3.93. The summed E-state index contributed by atoms with van der Waals surface area (Å²) >= 11 is 1.55. The maximum absolute atomic E-state index is 13.2. The highest BCUT2D eigenvalue weighted by atomic mass is 32.2. The van der Waals surface area contributed by atoms with Crippen LogP contribution in [0.5, 0.6) is 0 Å². The lowest BCUT2D eigenvalue weighted by atomic mass is 10.2. The van der Waals surface area contributed by atoms with Crippen molar-refractivity contribution in [3.05, 3.63) is 71.7 Å². The lowest BCUT2D eigenvalue weighted by molar-refractivity contribution is 0.626. The van der Waals surface area contributed by atoms with E-state index in [1.165, 1.54) is 18.3 Å². The van der Waals surface area contributed by atoms with Gasteiger partial charge in [-0.2, -0.15) is 10.5 Å². The lowest BCUT2D eigenvalue weighted by Gasteiger charge is -2.09. The Morgan fingerprint density at radius 1 is 1.14 bits per heavy atom. The third-order valence-electron chi connectivity index (χ3n) is 2.78. The molecule has 0 heterocycles. The summed E-state index contributed by atoms with van der Waals surface area (Å²) in [6, 6.07) is 17.6. The second-order valence-corrected chi connectivity index (χ2v) is 5.36. The van der Waals surface area contributed by atoms with Crippen LogP contribution in [-0.2, 0) is 5.75 Å². The van der Waals surface area contributed by atoms with Crippen molar-refractivity contribution in [2.75, 3.05) is 5.32 Å². The van der Waals surface area contributed by atoms with E-state index in [9.17, 15) is 4.39 Å². The van der Waals surface area contributed by atoms with Gasteiger partial charge in [0.15, 0.2) is 0 Å². The molecule has 0 saturated carbocycles. The predicted octanol–water partition coefficient (Wildman–Crippen LogP) is 4.46. The van der Waals surface area contributed by atoms with Gasteiger partial charge in [-0.1, -0.05) is 24.3 Å². The molecular formula is C17H12FN3S. The Bertz CT molecular complexity index is 756. The minimum Gasteiger partial charge on any atom is -0.359 e. The molecule has 2 aromatic rings. The molecule has 0 radical (unpaired) electrons. The number of hydrogen-bond donors (Lipinski definition) is 1. The number of allylic oxidation sites excluding steroid dienone is 1. The summed E-state index contributed by atoms with van der Waals surface area (Å²) < 4.78 is 13.2. The molecule has 0 spiro atoms. The minimum absolute atomic E-state index is 0.00457. The van der Waals surface area contributed by atoms with Crippen molar-refractivity contribution in [2.45, 2.75) is 10.6 Å². The van der Waals surface area contributed by atoms with Crippen LogP contribution in [-0.4, -0.2) is 0 Å². The SMILES string of the molecule is N#CC(C#N)=CNc1ccccc1SCc1cccc(F)c1. The van der Waals surface area contributed by atoms with Crippen molar-refractivity contribution in [1.82, 2.24) is 0 Å². The molecule has 1 N–H and O–H groups in total. The molecule has 5 heteroatoms. The molecule has 0 aliphatic rings. The van der Waals surface area contributed by atoms with Crippen LogP contribution in [0.2, 0.25) is 0 Å². The number of benzene rings is 2. The van der Waals surface area contributed by atoms with Crippen LogP contribution in [0.4, 0.5) is 10.1 Å². The quantitative estimate of drug-likeness (QED) is 0.654. The average Bonchev–Trinajstić information content (AvgIpc) is 2.55. The van der Waals surface area contributed by atoms with E-state index in [-0.39, 0.29) is 11.4 Å².